The van der Waals surface area contributed by atoms with E-state index >= 15 is 0 Å². The SMILES string of the molecule is Cc1ccc(C(=O)O)c(OCCOc2ccc(Cl)cc2)c1. The highest BCUT2D eigenvalue weighted by atomic mass is 35.5. The second kappa shape index (κ2) is 6.99. The molecule has 0 atom stereocenters. The summed E-state index contributed by atoms with van der Waals surface area (Å²) in [6.45, 7) is 2.45. The maximum atomic E-state index is 11.1. The third-order valence-electron chi connectivity index (χ3n) is 2.79. The monoisotopic (exact) mass is 306 g/mol. The minimum Gasteiger partial charge on any atom is -0.490 e. The Morgan fingerprint density at radius 2 is 1.76 bits per heavy atom. The molecule has 0 aliphatic heterocycles. The first-order valence-electron chi connectivity index (χ1n) is 6.41. The molecule has 2 rings (SSSR count). The molecular weight excluding hydrogens is 292 g/mol. The molecule has 110 valence electrons. The molecule has 0 radical (unpaired) electrons. The lowest BCUT2D eigenvalue weighted by Crippen LogP contribution is -2.11. The van der Waals surface area contributed by atoms with Crippen molar-refractivity contribution in [3.63, 3.8) is 0 Å². The van der Waals surface area contributed by atoms with Crippen LogP contribution in [0, 0.1) is 6.92 Å². The zero-order chi connectivity index (χ0) is 15.2. The summed E-state index contributed by atoms with van der Waals surface area (Å²) in [5.74, 6) is 0.0246. The Balaban J connectivity index is 1.90. The summed E-state index contributed by atoms with van der Waals surface area (Å²) in [7, 11) is 0. The van der Waals surface area contributed by atoms with Crippen LogP contribution in [0.2, 0.25) is 5.02 Å². The average Bonchev–Trinajstić information content (AvgIpc) is 2.45. The summed E-state index contributed by atoms with van der Waals surface area (Å²) >= 11 is 5.78. The Bertz CT molecular complexity index is 623. The van der Waals surface area contributed by atoms with Gasteiger partial charge in [0, 0.05) is 5.02 Å². The highest BCUT2D eigenvalue weighted by Crippen LogP contribution is 2.20. The summed E-state index contributed by atoms with van der Waals surface area (Å²) < 4.78 is 11.0. The van der Waals surface area contributed by atoms with E-state index in [2.05, 4.69) is 0 Å². The van der Waals surface area contributed by atoms with Gasteiger partial charge in [-0.1, -0.05) is 17.7 Å². The third kappa shape index (κ3) is 4.39. The molecule has 0 aliphatic carbocycles. The van der Waals surface area contributed by atoms with Crippen molar-refractivity contribution < 1.29 is 19.4 Å². The Morgan fingerprint density at radius 1 is 1.10 bits per heavy atom. The molecule has 0 bridgehead atoms. The maximum Gasteiger partial charge on any atom is 0.339 e. The van der Waals surface area contributed by atoms with Crippen LogP contribution in [0.3, 0.4) is 0 Å². The number of aromatic carboxylic acids is 1. The van der Waals surface area contributed by atoms with Gasteiger partial charge in [0.05, 0.1) is 0 Å². The van der Waals surface area contributed by atoms with Gasteiger partial charge in [-0.25, -0.2) is 4.79 Å². The van der Waals surface area contributed by atoms with Gasteiger partial charge in [-0.2, -0.15) is 0 Å². The molecule has 5 heteroatoms. The lowest BCUT2D eigenvalue weighted by Gasteiger charge is -2.11. The fourth-order valence-corrected chi connectivity index (χ4v) is 1.89. The summed E-state index contributed by atoms with van der Waals surface area (Å²) in [5.41, 5.74) is 1.08. The fourth-order valence-electron chi connectivity index (χ4n) is 1.77. The van der Waals surface area contributed by atoms with Gasteiger partial charge in [0.25, 0.3) is 0 Å². The summed E-state index contributed by atoms with van der Waals surface area (Å²) in [4.78, 5) is 11.1. The molecule has 0 aliphatic rings. The number of benzene rings is 2. The Morgan fingerprint density at radius 3 is 2.43 bits per heavy atom. The quantitative estimate of drug-likeness (QED) is 0.825. The second-order valence-electron chi connectivity index (χ2n) is 4.46. The highest BCUT2D eigenvalue weighted by Gasteiger charge is 2.11. The van der Waals surface area contributed by atoms with E-state index in [-0.39, 0.29) is 12.2 Å². The van der Waals surface area contributed by atoms with Gasteiger partial charge in [0.2, 0.25) is 0 Å². The van der Waals surface area contributed by atoms with Gasteiger partial charge in [-0.15, -0.1) is 0 Å². The van der Waals surface area contributed by atoms with Gasteiger partial charge < -0.3 is 14.6 Å². The minimum absolute atomic E-state index is 0.145. The van der Waals surface area contributed by atoms with Gasteiger partial charge in [0.1, 0.15) is 30.3 Å². The molecule has 0 unspecified atom stereocenters. The molecule has 0 spiro atoms. The molecule has 1 N–H and O–H groups in total. The van der Waals surface area contributed by atoms with Crippen LogP contribution in [0.1, 0.15) is 15.9 Å². The molecule has 2 aromatic carbocycles. The Kier molecular flexibility index (Phi) is 5.06. The number of carbonyl (C=O) groups is 1. The van der Waals surface area contributed by atoms with E-state index in [1.807, 2.05) is 6.92 Å². The molecule has 0 saturated carbocycles. The number of halogens is 1. The van der Waals surface area contributed by atoms with Crippen molar-refractivity contribution in [3.8, 4) is 11.5 Å². The lowest BCUT2D eigenvalue weighted by molar-refractivity contribution is 0.0691. The minimum atomic E-state index is -1.01. The van der Waals surface area contributed by atoms with Gasteiger partial charge in [0.15, 0.2) is 0 Å². The number of hydrogen-bond acceptors (Lipinski definition) is 3. The van der Waals surface area contributed by atoms with Crippen LogP contribution in [0.15, 0.2) is 42.5 Å². The largest absolute Gasteiger partial charge is 0.490 e. The molecule has 0 saturated heterocycles. The van der Waals surface area contributed by atoms with E-state index in [4.69, 9.17) is 26.2 Å². The van der Waals surface area contributed by atoms with Gasteiger partial charge in [-0.05, 0) is 48.9 Å². The predicted octanol–water partition coefficient (Wildman–Crippen LogP) is 3.80. The van der Waals surface area contributed by atoms with E-state index < -0.39 is 5.97 Å². The Hall–Kier alpha value is -2.20. The molecular formula is C16H15ClO4. The number of carboxylic acids is 1. The van der Waals surface area contributed by atoms with Crippen molar-refractivity contribution in [1.29, 1.82) is 0 Å². The number of rotatable bonds is 6. The molecule has 0 aromatic heterocycles. The molecule has 0 fully saturated rings. The molecule has 2 aromatic rings. The second-order valence-corrected chi connectivity index (χ2v) is 4.89. The van der Waals surface area contributed by atoms with Crippen molar-refractivity contribution in [2.75, 3.05) is 13.2 Å². The first-order chi connectivity index (χ1) is 10.1. The molecule has 4 nitrogen and oxygen atoms in total. The topological polar surface area (TPSA) is 55.8 Å². The van der Waals surface area contributed by atoms with E-state index in [0.29, 0.717) is 23.1 Å². The van der Waals surface area contributed by atoms with E-state index in [9.17, 15) is 4.79 Å². The summed E-state index contributed by atoms with van der Waals surface area (Å²) in [6.07, 6.45) is 0. The average molecular weight is 307 g/mol. The zero-order valence-electron chi connectivity index (χ0n) is 11.5. The van der Waals surface area contributed by atoms with Crippen LogP contribution in [-0.4, -0.2) is 24.3 Å². The van der Waals surface area contributed by atoms with Crippen LogP contribution in [0.5, 0.6) is 11.5 Å². The van der Waals surface area contributed by atoms with Crippen molar-refractivity contribution in [3.05, 3.63) is 58.6 Å². The summed E-state index contributed by atoms with van der Waals surface area (Å²) in [5, 5.41) is 9.74. The van der Waals surface area contributed by atoms with Crippen molar-refractivity contribution in [2.45, 2.75) is 6.92 Å². The number of carboxylic acid groups (broad SMARTS) is 1. The highest BCUT2D eigenvalue weighted by molar-refractivity contribution is 6.30. The third-order valence-corrected chi connectivity index (χ3v) is 3.04. The van der Waals surface area contributed by atoms with Crippen LogP contribution < -0.4 is 9.47 Å². The number of ether oxygens (including phenoxy) is 2. The zero-order valence-corrected chi connectivity index (χ0v) is 12.3. The van der Waals surface area contributed by atoms with Gasteiger partial charge >= 0.3 is 5.97 Å². The van der Waals surface area contributed by atoms with E-state index in [0.717, 1.165) is 5.56 Å². The van der Waals surface area contributed by atoms with Crippen LogP contribution >= 0.6 is 11.6 Å². The smallest absolute Gasteiger partial charge is 0.339 e. The standard InChI is InChI=1S/C16H15ClO4/c1-11-2-7-14(16(18)19)15(10-11)21-9-8-20-13-5-3-12(17)4-6-13/h2-7,10H,8-9H2,1H3,(H,18,19). The van der Waals surface area contributed by atoms with E-state index in [1.165, 1.54) is 6.07 Å². The molecule has 21 heavy (non-hydrogen) atoms. The first kappa shape index (κ1) is 15.2. The fraction of sp³-hybridized carbons (Fsp3) is 0.188. The summed E-state index contributed by atoms with van der Waals surface area (Å²) in [6, 6.07) is 12.0. The number of aryl methyl sites for hydroxylation is 1. The van der Waals surface area contributed by atoms with Gasteiger partial charge in [-0.3, -0.25) is 0 Å². The molecule has 0 heterocycles. The van der Waals surface area contributed by atoms with Crippen LogP contribution in [-0.2, 0) is 0 Å². The predicted molar refractivity (Wildman–Crippen MR) is 80.6 cm³/mol. The lowest BCUT2D eigenvalue weighted by atomic mass is 10.1. The maximum absolute atomic E-state index is 11.1. The van der Waals surface area contributed by atoms with Crippen molar-refractivity contribution in [1.82, 2.24) is 0 Å². The van der Waals surface area contributed by atoms with Crippen molar-refractivity contribution in [2.24, 2.45) is 0 Å². The number of hydrogen-bond donors (Lipinski definition) is 1. The normalized spacial score (nSPS) is 10.2. The van der Waals surface area contributed by atoms with Crippen LogP contribution in [0.4, 0.5) is 0 Å². The van der Waals surface area contributed by atoms with E-state index in [1.54, 1.807) is 36.4 Å². The first-order valence-corrected chi connectivity index (χ1v) is 6.79. The Labute approximate surface area is 127 Å². The molecule has 0 amide bonds. The van der Waals surface area contributed by atoms with Crippen molar-refractivity contribution >= 4 is 17.6 Å². The van der Waals surface area contributed by atoms with Crippen LogP contribution in [0.25, 0.3) is 0 Å².